The minimum absolute atomic E-state index is 0.181. The van der Waals surface area contributed by atoms with Crippen LogP contribution in [0.2, 0.25) is 0 Å². The number of thioether (sulfide) groups is 1. The third-order valence-corrected chi connectivity index (χ3v) is 6.67. The predicted octanol–water partition coefficient (Wildman–Crippen LogP) is 5.46. The van der Waals surface area contributed by atoms with E-state index in [1.807, 2.05) is 43.3 Å². The molecule has 0 fully saturated rings. The zero-order valence-corrected chi connectivity index (χ0v) is 19.0. The molecule has 0 atom stereocenters. The Labute approximate surface area is 181 Å². The molecule has 0 aliphatic carbocycles. The van der Waals surface area contributed by atoms with Crippen LogP contribution in [-0.4, -0.2) is 29.5 Å². The van der Waals surface area contributed by atoms with Gasteiger partial charge in [0.1, 0.15) is 5.75 Å². The van der Waals surface area contributed by atoms with Crippen LogP contribution in [0, 0.1) is 0 Å². The molecule has 5 nitrogen and oxygen atoms in total. The maximum atomic E-state index is 12.0. The van der Waals surface area contributed by atoms with Gasteiger partial charge in [0.05, 0.1) is 37.7 Å². The molecule has 0 spiro atoms. The number of amides is 1. The third-order valence-electron chi connectivity index (χ3n) is 3.31. The van der Waals surface area contributed by atoms with Crippen LogP contribution < -0.4 is 10.2 Å². The minimum atomic E-state index is -0.181. The third kappa shape index (κ3) is 5.54. The van der Waals surface area contributed by atoms with E-state index in [1.54, 1.807) is 17.6 Å². The lowest BCUT2D eigenvalue weighted by molar-refractivity contribution is -0.118. The van der Waals surface area contributed by atoms with Crippen molar-refractivity contribution in [3.63, 3.8) is 0 Å². The zero-order valence-electron chi connectivity index (χ0n) is 14.2. The molecular formula is C18H15Br2N3O2S2. The summed E-state index contributed by atoms with van der Waals surface area (Å²) in [5.41, 5.74) is 4.32. The SMILES string of the molecule is CCOc1c(Br)cc(/C=N\NC(=O)CSc2nc3ccccc3s2)cc1Br. The maximum Gasteiger partial charge on any atom is 0.250 e. The van der Waals surface area contributed by atoms with Gasteiger partial charge in [-0.05, 0) is 68.6 Å². The van der Waals surface area contributed by atoms with Crippen LogP contribution in [0.25, 0.3) is 10.2 Å². The number of hydrogen-bond donors (Lipinski definition) is 1. The lowest BCUT2D eigenvalue weighted by Crippen LogP contribution is -2.19. The summed E-state index contributed by atoms with van der Waals surface area (Å²) in [6, 6.07) is 11.7. The van der Waals surface area contributed by atoms with Crippen LogP contribution in [0.15, 0.2) is 54.8 Å². The molecular weight excluding hydrogens is 514 g/mol. The second kappa shape index (κ2) is 9.68. The molecule has 3 aromatic rings. The molecule has 1 amide bonds. The van der Waals surface area contributed by atoms with E-state index in [0.717, 1.165) is 34.8 Å². The summed E-state index contributed by atoms with van der Waals surface area (Å²) in [6.45, 7) is 2.50. The number of hydrazone groups is 1. The average molecular weight is 529 g/mol. The van der Waals surface area contributed by atoms with Crippen molar-refractivity contribution in [1.82, 2.24) is 10.4 Å². The standard InChI is InChI=1S/C18H15Br2N3O2S2/c1-2-25-17-12(19)7-11(8-13(17)20)9-21-23-16(24)10-26-18-22-14-5-3-4-6-15(14)27-18/h3-9H,2,10H2,1H3,(H,23,24)/b21-9-. The molecule has 1 heterocycles. The fourth-order valence-electron chi connectivity index (χ4n) is 2.19. The summed E-state index contributed by atoms with van der Waals surface area (Å²) in [4.78, 5) is 16.5. The van der Waals surface area contributed by atoms with E-state index in [0.29, 0.717) is 6.61 Å². The number of benzene rings is 2. The van der Waals surface area contributed by atoms with Crippen molar-refractivity contribution in [2.45, 2.75) is 11.3 Å². The van der Waals surface area contributed by atoms with E-state index in [-0.39, 0.29) is 11.7 Å². The Hall–Kier alpha value is -1.42. The zero-order chi connectivity index (χ0) is 19.2. The summed E-state index contributed by atoms with van der Waals surface area (Å²) < 4.78 is 9.17. The number of fused-ring (bicyclic) bond motifs is 1. The van der Waals surface area contributed by atoms with Crippen LogP contribution in [-0.2, 0) is 4.79 Å². The highest BCUT2D eigenvalue weighted by atomic mass is 79.9. The van der Waals surface area contributed by atoms with Crippen LogP contribution in [0.4, 0.5) is 0 Å². The topological polar surface area (TPSA) is 63.6 Å². The molecule has 3 rings (SSSR count). The van der Waals surface area contributed by atoms with Gasteiger partial charge in [-0.1, -0.05) is 23.9 Å². The summed E-state index contributed by atoms with van der Waals surface area (Å²) >= 11 is 9.93. The van der Waals surface area contributed by atoms with Gasteiger partial charge in [0.25, 0.3) is 5.91 Å². The van der Waals surface area contributed by atoms with Gasteiger partial charge in [-0.2, -0.15) is 5.10 Å². The van der Waals surface area contributed by atoms with Crippen molar-refractivity contribution >= 4 is 77.3 Å². The highest BCUT2D eigenvalue weighted by molar-refractivity contribution is 9.11. The molecule has 140 valence electrons. The largest absolute Gasteiger partial charge is 0.492 e. The van der Waals surface area contributed by atoms with Crippen molar-refractivity contribution in [2.24, 2.45) is 5.10 Å². The van der Waals surface area contributed by atoms with Gasteiger partial charge in [-0.3, -0.25) is 4.79 Å². The molecule has 0 saturated carbocycles. The van der Waals surface area contributed by atoms with Gasteiger partial charge in [-0.25, -0.2) is 10.4 Å². The Bertz CT molecular complexity index is 936. The first-order valence-electron chi connectivity index (χ1n) is 7.99. The van der Waals surface area contributed by atoms with Crippen molar-refractivity contribution in [3.8, 4) is 5.75 Å². The van der Waals surface area contributed by atoms with Crippen molar-refractivity contribution < 1.29 is 9.53 Å². The van der Waals surface area contributed by atoms with Crippen LogP contribution >= 0.6 is 55.0 Å². The lowest BCUT2D eigenvalue weighted by atomic mass is 10.2. The molecule has 0 unspecified atom stereocenters. The molecule has 0 aliphatic heterocycles. The van der Waals surface area contributed by atoms with Crippen LogP contribution in [0.3, 0.4) is 0 Å². The second-order valence-corrected chi connectivity index (χ2v) is 9.24. The van der Waals surface area contributed by atoms with Gasteiger partial charge in [0.2, 0.25) is 0 Å². The number of nitrogens with one attached hydrogen (secondary N) is 1. The first kappa shape index (κ1) is 20.3. The molecule has 27 heavy (non-hydrogen) atoms. The van der Waals surface area contributed by atoms with Gasteiger partial charge in [0, 0.05) is 0 Å². The average Bonchev–Trinajstić information content (AvgIpc) is 3.06. The van der Waals surface area contributed by atoms with Crippen molar-refractivity contribution in [2.75, 3.05) is 12.4 Å². The lowest BCUT2D eigenvalue weighted by Gasteiger charge is -2.09. The number of para-hydroxylation sites is 1. The van der Waals surface area contributed by atoms with Crippen LogP contribution in [0.5, 0.6) is 5.75 Å². The van der Waals surface area contributed by atoms with Crippen LogP contribution in [0.1, 0.15) is 12.5 Å². The normalized spacial score (nSPS) is 11.2. The molecule has 0 saturated heterocycles. The van der Waals surface area contributed by atoms with Gasteiger partial charge >= 0.3 is 0 Å². The predicted molar refractivity (Wildman–Crippen MR) is 119 cm³/mol. The second-order valence-electron chi connectivity index (χ2n) is 5.28. The number of nitrogens with zero attached hydrogens (tertiary/aromatic N) is 2. The van der Waals surface area contributed by atoms with Gasteiger partial charge < -0.3 is 4.74 Å². The number of aromatic nitrogens is 1. The van der Waals surface area contributed by atoms with E-state index >= 15 is 0 Å². The van der Waals surface area contributed by atoms with E-state index in [2.05, 4.69) is 47.4 Å². The Morgan fingerprint density at radius 2 is 2.07 bits per heavy atom. The number of carbonyl (C=O) groups excluding carboxylic acids is 1. The first-order chi connectivity index (χ1) is 13.1. The number of ether oxygens (including phenoxy) is 1. The smallest absolute Gasteiger partial charge is 0.250 e. The quantitative estimate of drug-likeness (QED) is 0.251. The van der Waals surface area contributed by atoms with E-state index in [4.69, 9.17) is 4.74 Å². The number of hydrogen-bond acceptors (Lipinski definition) is 6. The van der Waals surface area contributed by atoms with Gasteiger partial charge in [0.15, 0.2) is 4.34 Å². The number of carbonyl (C=O) groups is 1. The summed E-state index contributed by atoms with van der Waals surface area (Å²) in [5.74, 6) is 0.818. The molecule has 9 heteroatoms. The minimum Gasteiger partial charge on any atom is -0.492 e. The summed E-state index contributed by atoms with van der Waals surface area (Å²) in [6.07, 6.45) is 1.59. The Kier molecular flexibility index (Phi) is 7.28. The number of halogens is 2. The molecule has 0 radical (unpaired) electrons. The summed E-state index contributed by atoms with van der Waals surface area (Å²) in [5, 5.41) is 4.02. The highest BCUT2D eigenvalue weighted by Crippen LogP contribution is 2.34. The molecule has 2 aromatic carbocycles. The first-order valence-corrected chi connectivity index (χ1v) is 11.4. The molecule has 1 N–H and O–H groups in total. The molecule has 0 aliphatic rings. The fraction of sp³-hybridized carbons (Fsp3) is 0.167. The van der Waals surface area contributed by atoms with E-state index in [1.165, 1.54) is 11.8 Å². The summed E-state index contributed by atoms with van der Waals surface area (Å²) in [7, 11) is 0. The van der Waals surface area contributed by atoms with Crippen molar-refractivity contribution in [3.05, 3.63) is 50.9 Å². The highest BCUT2D eigenvalue weighted by Gasteiger charge is 2.09. The fourth-order valence-corrected chi connectivity index (χ4v) is 5.50. The number of thiazole rings is 1. The Balaban J connectivity index is 1.54. The Morgan fingerprint density at radius 1 is 1.33 bits per heavy atom. The Morgan fingerprint density at radius 3 is 2.78 bits per heavy atom. The van der Waals surface area contributed by atoms with Crippen molar-refractivity contribution in [1.29, 1.82) is 0 Å². The molecule has 1 aromatic heterocycles. The number of rotatable bonds is 7. The van der Waals surface area contributed by atoms with Gasteiger partial charge in [-0.15, -0.1) is 11.3 Å². The van der Waals surface area contributed by atoms with E-state index in [9.17, 15) is 4.79 Å². The molecule has 0 bridgehead atoms. The monoisotopic (exact) mass is 527 g/mol. The van der Waals surface area contributed by atoms with E-state index < -0.39 is 0 Å². The maximum absolute atomic E-state index is 12.0.